The SMILES string of the molecule is Cc1[nH]c2ccccc2c1CCNC1=CC(=O)C[C@H](c2ccc(F)cc2)C1. The average Bonchev–Trinajstić information content (AvgIpc) is 2.97. The van der Waals surface area contributed by atoms with Gasteiger partial charge < -0.3 is 10.3 Å². The molecule has 138 valence electrons. The number of aromatic amines is 1. The van der Waals surface area contributed by atoms with Gasteiger partial charge in [-0.05, 0) is 55.0 Å². The molecule has 4 heteroatoms. The highest BCUT2D eigenvalue weighted by Crippen LogP contribution is 2.30. The summed E-state index contributed by atoms with van der Waals surface area (Å²) in [4.78, 5) is 15.6. The Hall–Kier alpha value is -2.88. The summed E-state index contributed by atoms with van der Waals surface area (Å²) in [5.74, 6) is -0.00866. The predicted octanol–water partition coefficient (Wildman–Crippen LogP) is 4.78. The van der Waals surface area contributed by atoms with Crippen LogP contribution in [-0.2, 0) is 11.2 Å². The number of allylic oxidation sites excluding steroid dienone is 2. The van der Waals surface area contributed by atoms with Crippen molar-refractivity contribution in [3.05, 3.63) is 82.9 Å². The third-order valence-corrected chi connectivity index (χ3v) is 5.34. The molecule has 27 heavy (non-hydrogen) atoms. The molecule has 1 aromatic heterocycles. The minimum atomic E-state index is -0.246. The Balaban J connectivity index is 1.42. The van der Waals surface area contributed by atoms with E-state index in [0.29, 0.717) is 6.42 Å². The van der Waals surface area contributed by atoms with Gasteiger partial charge in [-0.15, -0.1) is 0 Å². The maximum absolute atomic E-state index is 13.2. The molecule has 0 unspecified atom stereocenters. The van der Waals surface area contributed by atoms with Crippen LogP contribution in [0.25, 0.3) is 10.9 Å². The first-order chi connectivity index (χ1) is 13.1. The number of aromatic nitrogens is 1. The molecule has 0 bridgehead atoms. The molecular weight excluding hydrogens is 339 g/mol. The number of para-hydroxylation sites is 1. The van der Waals surface area contributed by atoms with Gasteiger partial charge in [0.1, 0.15) is 5.82 Å². The predicted molar refractivity (Wildman–Crippen MR) is 106 cm³/mol. The van der Waals surface area contributed by atoms with Gasteiger partial charge in [-0.25, -0.2) is 4.39 Å². The lowest BCUT2D eigenvalue weighted by atomic mass is 9.85. The molecule has 0 saturated carbocycles. The Morgan fingerprint density at radius 3 is 2.70 bits per heavy atom. The van der Waals surface area contributed by atoms with E-state index in [4.69, 9.17) is 0 Å². The molecule has 1 heterocycles. The zero-order valence-corrected chi connectivity index (χ0v) is 15.4. The number of hydrogen-bond donors (Lipinski definition) is 2. The van der Waals surface area contributed by atoms with Crippen molar-refractivity contribution in [3.63, 3.8) is 0 Å². The molecule has 1 aliphatic rings. The summed E-state index contributed by atoms with van der Waals surface area (Å²) in [5.41, 5.74) is 5.66. The first-order valence-corrected chi connectivity index (χ1v) is 9.39. The number of carbonyl (C=O) groups is 1. The number of carbonyl (C=O) groups excluding carboxylic acids is 1. The van der Waals surface area contributed by atoms with Gasteiger partial charge in [-0.3, -0.25) is 4.79 Å². The number of benzene rings is 2. The van der Waals surface area contributed by atoms with Crippen LogP contribution in [0, 0.1) is 12.7 Å². The second kappa shape index (κ2) is 7.39. The van der Waals surface area contributed by atoms with Gasteiger partial charge in [0.15, 0.2) is 5.78 Å². The van der Waals surface area contributed by atoms with E-state index in [2.05, 4.69) is 35.4 Å². The minimum Gasteiger partial charge on any atom is -0.388 e. The van der Waals surface area contributed by atoms with Crippen LogP contribution < -0.4 is 5.32 Å². The van der Waals surface area contributed by atoms with Gasteiger partial charge >= 0.3 is 0 Å². The molecule has 0 aliphatic heterocycles. The van der Waals surface area contributed by atoms with E-state index in [1.54, 1.807) is 18.2 Å². The molecule has 2 N–H and O–H groups in total. The molecule has 0 fully saturated rings. The molecule has 2 aromatic carbocycles. The number of fused-ring (bicyclic) bond motifs is 1. The second-order valence-electron chi connectivity index (χ2n) is 7.24. The number of aryl methyl sites for hydroxylation is 1. The van der Waals surface area contributed by atoms with Crippen LogP contribution in [0.3, 0.4) is 0 Å². The number of ketones is 1. The van der Waals surface area contributed by atoms with Gasteiger partial charge in [0.2, 0.25) is 0 Å². The molecule has 4 rings (SSSR count). The van der Waals surface area contributed by atoms with E-state index in [1.165, 1.54) is 28.8 Å². The summed E-state index contributed by atoms with van der Waals surface area (Å²) in [5, 5.41) is 4.70. The highest BCUT2D eigenvalue weighted by molar-refractivity contribution is 5.92. The lowest BCUT2D eigenvalue weighted by molar-refractivity contribution is -0.115. The van der Waals surface area contributed by atoms with Crippen LogP contribution in [0.1, 0.15) is 35.6 Å². The van der Waals surface area contributed by atoms with Crippen molar-refractivity contribution in [2.45, 2.75) is 32.1 Å². The molecule has 0 amide bonds. The largest absolute Gasteiger partial charge is 0.388 e. The zero-order valence-electron chi connectivity index (χ0n) is 15.4. The average molecular weight is 362 g/mol. The first-order valence-electron chi connectivity index (χ1n) is 9.39. The molecule has 0 spiro atoms. The fourth-order valence-corrected chi connectivity index (χ4v) is 3.99. The highest BCUT2D eigenvalue weighted by atomic mass is 19.1. The molecule has 3 nitrogen and oxygen atoms in total. The number of H-pyrrole nitrogens is 1. The van der Waals surface area contributed by atoms with Gasteiger partial charge in [-0.1, -0.05) is 30.3 Å². The Bertz CT molecular complexity index is 1000. The van der Waals surface area contributed by atoms with Gasteiger partial charge in [0, 0.05) is 41.3 Å². The Morgan fingerprint density at radius 2 is 1.89 bits per heavy atom. The van der Waals surface area contributed by atoms with Gasteiger partial charge in [0.05, 0.1) is 0 Å². The first kappa shape index (κ1) is 17.5. The van der Waals surface area contributed by atoms with Crippen molar-refractivity contribution >= 4 is 16.7 Å². The van der Waals surface area contributed by atoms with Crippen LogP contribution in [0.4, 0.5) is 4.39 Å². The fraction of sp³-hybridized carbons (Fsp3) is 0.261. The minimum absolute atomic E-state index is 0.112. The monoisotopic (exact) mass is 362 g/mol. The molecule has 1 atom stereocenters. The lowest BCUT2D eigenvalue weighted by Crippen LogP contribution is -2.24. The van der Waals surface area contributed by atoms with Crippen molar-refractivity contribution in [1.82, 2.24) is 10.3 Å². The van der Waals surface area contributed by atoms with Crippen molar-refractivity contribution in [2.75, 3.05) is 6.54 Å². The van der Waals surface area contributed by atoms with Crippen LogP contribution in [-0.4, -0.2) is 17.3 Å². The lowest BCUT2D eigenvalue weighted by Gasteiger charge is -2.23. The Labute approximate surface area is 158 Å². The van der Waals surface area contributed by atoms with Crippen molar-refractivity contribution in [2.24, 2.45) is 0 Å². The van der Waals surface area contributed by atoms with E-state index in [1.807, 2.05) is 6.07 Å². The molecule has 0 radical (unpaired) electrons. The number of halogens is 1. The van der Waals surface area contributed by atoms with E-state index in [9.17, 15) is 9.18 Å². The maximum Gasteiger partial charge on any atom is 0.158 e. The number of nitrogens with one attached hydrogen (secondary N) is 2. The summed E-state index contributed by atoms with van der Waals surface area (Å²) in [6.07, 6.45) is 3.88. The Kier molecular flexibility index (Phi) is 4.80. The quantitative estimate of drug-likeness (QED) is 0.686. The summed E-state index contributed by atoms with van der Waals surface area (Å²) in [7, 11) is 0. The molecule has 0 saturated heterocycles. The smallest absolute Gasteiger partial charge is 0.158 e. The zero-order chi connectivity index (χ0) is 18.8. The summed E-state index contributed by atoms with van der Waals surface area (Å²) in [6.45, 7) is 2.88. The van der Waals surface area contributed by atoms with Crippen LogP contribution in [0.2, 0.25) is 0 Å². The standard InChI is InChI=1S/C23H23FN2O/c1-15-21(22-4-2-3-5-23(22)26-15)10-11-25-19-12-17(13-20(27)14-19)16-6-8-18(24)9-7-16/h2-9,14,17,25-26H,10-13H2,1H3/t17-/m1/s1. The molecule has 3 aromatic rings. The molecule has 1 aliphatic carbocycles. The highest BCUT2D eigenvalue weighted by Gasteiger charge is 2.22. The Morgan fingerprint density at radius 1 is 1.11 bits per heavy atom. The second-order valence-corrected chi connectivity index (χ2v) is 7.24. The summed E-state index contributed by atoms with van der Waals surface area (Å²) >= 11 is 0. The summed E-state index contributed by atoms with van der Waals surface area (Å²) in [6, 6.07) is 14.8. The third-order valence-electron chi connectivity index (χ3n) is 5.34. The van der Waals surface area contributed by atoms with Gasteiger partial charge in [0.25, 0.3) is 0 Å². The topological polar surface area (TPSA) is 44.9 Å². The van der Waals surface area contributed by atoms with Crippen LogP contribution in [0.15, 0.2) is 60.3 Å². The van der Waals surface area contributed by atoms with Crippen molar-refractivity contribution < 1.29 is 9.18 Å². The van der Waals surface area contributed by atoms with E-state index in [0.717, 1.165) is 36.2 Å². The van der Waals surface area contributed by atoms with E-state index in [-0.39, 0.29) is 17.5 Å². The normalized spacial score (nSPS) is 17.2. The summed E-state index contributed by atoms with van der Waals surface area (Å²) < 4.78 is 13.2. The molecular formula is C23H23FN2O. The van der Waals surface area contributed by atoms with Crippen LogP contribution >= 0.6 is 0 Å². The van der Waals surface area contributed by atoms with Gasteiger partial charge in [-0.2, -0.15) is 0 Å². The maximum atomic E-state index is 13.2. The number of hydrogen-bond acceptors (Lipinski definition) is 2. The van der Waals surface area contributed by atoms with Crippen molar-refractivity contribution in [3.8, 4) is 0 Å². The van der Waals surface area contributed by atoms with E-state index >= 15 is 0 Å². The number of rotatable bonds is 5. The third kappa shape index (κ3) is 3.80. The van der Waals surface area contributed by atoms with E-state index < -0.39 is 0 Å². The van der Waals surface area contributed by atoms with Crippen molar-refractivity contribution in [1.29, 1.82) is 0 Å². The van der Waals surface area contributed by atoms with Crippen LogP contribution in [0.5, 0.6) is 0 Å². The fourth-order valence-electron chi connectivity index (χ4n) is 3.99.